The van der Waals surface area contributed by atoms with Gasteiger partial charge in [0.05, 0.1) is 0 Å². The van der Waals surface area contributed by atoms with E-state index in [0.717, 1.165) is 21.6 Å². The van der Waals surface area contributed by atoms with Gasteiger partial charge in [-0.2, -0.15) is 0 Å². The van der Waals surface area contributed by atoms with Crippen LogP contribution in [0.4, 0.5) is 0 Å². The van der Waals surface area contributed by atoms with Crippen LogP contribution in [0.5, 0.6) is 11.8 Å². The van der Waals surface area contributed by atoms with Crippen LogP contribution in [0.2, 0.25) is 0 Å². The molecular weight excluding hydrogens is 254 g/mol. The van der Waals surface area contributed by atoms with Crippen LogP contribution >= 0.6 is 21.6 Å². The first-order valence-corrected chi connectivity index (χ1v) is 6.43. The van der Waals surface area contributed by atoms with Gasteiger partial charge in [0.15, 0.2) is 5.12 Å². The molecule has 0 saturated heterocycles. The van der Waals surface area contributed by atoms with Crippen LogP contribution in [0.3, 0.4) is 0 Å². The summed E-state index contributed by atoms with van der Waals surface area (Å²) in [6.07, 6.45) is 0. The smallest absolute Gasteiger partial charge is 0.343 e. The Kier molecular flexibility index (Phi) is 4.56. The third kappa shape index (κ3) is 3.70. The minimum Gasteiger partial charge on any atom is -0.492 e. The lowest BCUT2D eigenvalue weighted by atomic mass is 10.6. The fourth-order valence-electron chi connectivity index (χ4n) is 0.784. The number of nitrogens with zero attached hydrogens (tertiary/aromatic N) is 1. The van der Waals surface area contributed by atoms with Crippen LogP contribution in [0.1, 0.15) is 6.92 Å². The van der Waals surface area contributed by atoms with E-state index in [9.17, 15) is 9.59 Å². The van der Waals surface area contributed by atoms with Crippen molar-refractivity contribution in [1.82, 2.24) is 4.73 Å². The summed E-state index contributed by atoms with van der Waals surface area (Å²) < 4.78 is 0.599. The lowest BCUT2D eigenvalue weighted by Gasteiger charge is -2.05. The van der Waals surface area contributed by atoms with Gasteiger partial charge in [-0.25, -0.2) is 4.79 Å². The van der Waals surface area contributed by atoms with Gasteiger partial charge in [0, 0.05) is 19.1 Å². The largest absolute Gasteiger partial charge is 0.492 e. The number of hydrogen-bond acceptors (Lipinski definition) is 7. The lowest BCUT2D eigenvalue weighted by Crippen LogP contribution is -2.20. The zero-order valence-corrected chi connectivity index (χ0v) is 9.88. The molecule has 1 aromatic rings. The lowest BCUT2D eigenvalue weighted by molar-refractivity contribution is -0.142. The molecule has 0 aromatic carbocycles. The Morgan fingerprint density at radius 2 is 1.94 bits per heavy atom. The Morgan fingerprint density at radius 1 is 1.38 bits per heavy atom. The summed E-state index contributed by atoms with van der Waals surface area (Å²) in [7, 11) is 1.94. The van der Waals surface area contributed by atoms with Crippen molar-refractivity contribution in [2.24, 2.45) is 0 Å². The van der Waals surface area contributed by atoms with Crippen molar-refractivity contribution in [2.75, 3.05) is 5.75 Å². The summed E-state index contributed by atoms with van der Waals surface area (Å²) in [4.78, 5) is 26.4. The van der Waals surface area contributed by atoms with E-state index in [1.165, 1.54) is 19.1 Å². The molecule has 88 valence electrons. The van der Waals surface area contributed by atoms with Crippen LogP contribution < -0.4 is 4.84 Å². The number of hydrogen-bond donors (Lipinski definition) is 2. The van der Waals surface area contributed by atoms with E-state index < -0.39 is 5.97 Å². The Bertz CT molecular complexity index is 384. The minimum atomic E-state index is -0.680. The van der Waals surface area contributed by atoms with Gasteiger partial charge in [0.1, 0.15) is 5.75 Å². The van der Waals surface area contributed by atoms with E-state index in [4.69, 9.17) is 10.2 Å². The normalized spacial score (nSPS) is 10.1. The number of carbonyl (C=O) groups excluding carboxylic acids is 2. The highest BCUT2D eigenvalue weighted by Crippen LogP contribution is 2.22. The highest BCUT2D eigenvalue weighted by atomic mass is 33.1. The maximum Gasteiger partial charge on any atom is 0.343 e. The summed E-state index contributed by atoms with van der Waals surface area (Å²) in [5.74, 6) is -1.51. The number of aromatic nitrogens is 1. The van der Waals surface area contributed by atoms with Crippen LogP contribution in [0.15, 0.2) is 12.1 Å². The fourth-order valence-corrected chi connectivity index (χ4v) is 2.12. The molecule has 1 rings (SSSR count). The Labute approximate surface area is 98.9 Å². The molecule has 2 N–H and O–H groups in total. The van der Waals surface area contributed by atoms with E-state index in [1.807, 2.05) is 0 Å². The zero-order chi connectivity index (χ0) is 12.1. The summed E-state index contributed by atoms with van der Waals surface area (Å²) >= 11 is 0. The maximum absolute atomic E-state index is 11.2. The first-order valence-electron chi connectivity index (χ1n) is 4.11. The van der Waals surface area contributed by atoms with Gasteiger partial charge in [-0.15, -0.1) is 4.73 Å². The third-order valence-electron chi connectivity index (χ3n) is 1.34. The number of aromatic hydroxyl groups is 2. The Morgan fingerprint density at radius 3 is 2.44 bits per heavy atom. The monoisotopic (exact) mass is 263 g/mol. The molecule has 1 aromatic heterocycles. The van der Waals surface area contributed by atoms with E-state index in [0.29, 0.717) is 4.73 Å². The van der Waals surface area contributed by atoms with Gasteiger partial charge in [0.25, 0.3) is 0 Å². The second-order valence-corrected chi connectivity index (χ2v) is 5.12. The quantitative estimate of drug-likeness (QED) is 0.776. The molecule has 0 atom stereocenters. The third-order valence-corrected chi connectivity index (χ3v) is 3.46. The van der Waals surface area contributed by atoms with Crippen LogP contribution in [0.25, 0.3) is 0 Å². The van der Waals surface area contributed by atoms with Gasteiger partial charge in [0.2, 0.25) is 11.8 Å². The highest BCUT2D eigenvalue weighted by molar-refractivity contribution is 8.82. The Hall–Kier alpha value is -1.28. The van der Waals surface area contributed by atoms with Crippen molar-refractivity contribution in [2.45, 2.75) is 6.92 Å². The maximum atomic E-state index is 11.2. The molecule has 16 heavy (non-hydrogen) atoms. The predicted molar refractivity (Wildman–Crippen MR) is 60.1 cm³/mol. The molecule has 6 nitrogen and oxygen atoms in total. The van der Waals surface area contributed by atoms with Crippen LogP contribution in [-0.4, -0.2) is 31.8 Å². The van der Waals surface area contributed by atoms with Crippen molar-refractivity contribution < 1.29 is 24.6 Å². The minimum absolute atomic E-state index is 0.0681. The van der Waals surface area contributed by atoms with E-state index in [2.05, 4.69) is 4.84 Å². The molecule has 0 unspecified atom stereocenters. The highest BCUT2D eigenvalue weighted by Gasteiger charge is 2.12. The second-order valence-electron chi connectivity index (χ2n) is 2.64. The van der Waals surface area contributed by atoms with Crippen LogP contribution in [-0.2, 0) is 9.59 Å². The average molecular weight is 263 g/mol. The van der Waals surface area contributed by atoms with Crippen molar-refractivity contribution >= 4 is 32.7 Å². The van der Waals surface area contributed by atoms with Crippen molar-refractivity contribution in [3.05, 3.63) is 12.1 Å². The van der Waals surface area contributed by atoms with Gasteiger partial charge in [-0.05, 0) is 10.8 Å². The van der Waals surface area contributed by atoms with Gasteiger partial charge in [-0.3, -0.25) is 4.79 Å². The molecule has 0 aliphatic rings. The zero-order valence-electron chi connectivity index (χ0n) is 8.24. The summed E-state index contributed by atoms with van der Waals surface area (Å²) in [6.45, 7) is 1.38. The standard InChI is InChI=1S/C8H9NO5S2/c1-5(10)16-15-4-8(13)14-9-6(11)2-3-7(9)12/h2-3,11-12H,4H2,1H3. The molecule has 0 spiro atoms. The summed E-state index contributed by atoms with van der Waals surface area (Å²) in [6, 6.07) is 2.36. The topological polar surface area (TPSA) is 88.8 Å². The van der Waals surface area contributed by atoms with Crippen LogP contribution in [0, 0.1) is 0 Å². The molecule has 0 aliphatic heterocycles. The Balaban J connectivity index is 2.43. The predicted octanol–water partition coefficient (Wildman–Crippen LogP) is 0.782. The molecule has 0 bridgehead atoms. The summed E-state index contributed by atoms with van der Waals surface area (Å²) in [5, 5.41) is 18.2. The van der Waals surface area contributed by atoms with E-state index >= 15 is 0 Å². The molecule has 1 heterocycles. The molecule has 0 fully saturated rings. The molecule has 8 heteroatoms. The first-order chi connectivity index (χ1) is 7.50. The molecule has 0 aliphatic carbocycles. The first kappa shape index (κ1) is 12.8. The van der Waals surface area contributed by atoms with Crippen molar-refractivity contribution in [1.29, 1.82) is 0 Å². The van der Waals surface area contributed by atoms with Gasteiger partial charge < -0.3 is 15.1 Å². The molecular formula is C8H9NO5S2. The molecule has 0 radical (unpaired) electrons. The van der Waals surface area contributed by atoms with E-state index in [-0.39, 0.29) is 22.6 Å². The summed E-state index contributed by atoms with van der Waals surface area (Å²) in [5.41, 5.74) is 0. The average Bonchev–Trinajstić information content (AvgIpc) is 2.49. The van der Waals surface area contributed by atoms with E-state index in [1.54, 1.807) is 0 Å². The van der Waals surface area contributed by atoms with Gasteiger partial charge >= 0.3 is 5.97 Å². The molecule has 0 saturated carbocycles. The second kappa shape index (κ2) is 5.71. The SMILES string of the molecule is CC(=O)SSCC(=O)On1c(O)ccc1O. The van der Waals surface area contributed by atoms with Crippen molar-refractivity contribution in [3.8, 4) is 11.8 Å². The number of rotatable bonds is 4. The fraction of sp³-hybridized carbons (Fsp3) is 0.250. The van der Waals surface area contributed by atoms with Crippen molar-refractivity contribution in [3.63, 3.8) is 0 Å². The van der Waals surface area contributed by atoms with Gasteiger partial charge in [-0.1, -0.05) is 10.8 Å². The number of carbonyl (C=O) groups is 2. The molecule has 0 amide bonds.